The molecule has 0 fully saturated rings. The van der Waals surface area contributed by atoms with Crippen LogP contribution in [0.25, 0.3) is 0 Å². The molecule has 0 saturated carbocycles. The molecule has 2 atom stereocenters. The van der Waals surface area contributed by atoms with E-state index < -0.39 is 0 Å². The van der Waals surface area contributed by atoms with Gasteiger partial charge in [-0.15, -0.1) is 0 Å². The maximum Gasteiger partial charge on any atom is 0.0725 e. The van der Waals surface area contributed by atoms with Crippen molar-refractivity contribution in [3.05, 3.63) is 35.9 Å². The predicted octanol–water partition coefficient (Wildman–Crippen LogP) is 3.54. The highest BCUT2D eigenvalue weighted by Gasteiger charge is 2.16. The molecule has 0 heterocycles. The molecule has 0 aliphatic rings. The van der Waals surface area contributed by atoms with Crippen LogP contribution in [0.3, 0.4) is 0 Å². The molecule has 18 heavy (non-hydrogen) atoms. The third-order valence-corrected chi connectivity index (χ3v) is 3.28. The van der Waals surface area contributed by atoms with Crippen LogP contribution in [-0.2, 0) is 11.2 Å². The Kier molecular flexibility index (Phi) is 7.70. The van der Waals surface area contributed by atoms with Crippen LogP contribution in [-0.4, -0.2) is 18.8 Å². The van der Waals surface area contributed by atoms with Crippen molar-refractivity contribution in [2.75, 3.05) is 6.61 Å². The zero-order valence-corrected chi connectivity index (χ0v) is 11.8. The van der Waals surface area contributed by atoms with Crippen molar-refractivity contribution in [2.24, 2.45) is 5.73 Å². The Morgan fingerprint density at radius 3 is 2.44 bits per heavy atom. The quantitative estimate of drug-likeness (QED) is 0.726. The first kappa shape index (κ1) is 15.2. The van der Waals surface area contributed by atoms with E-state index >= 15 is 0 Å². The van der Waals surface area contributed by atoms with Gasteiger partial charge in [0.05, 0.1) is 6.10 Å². The molecule has 0 bridgehead atoms. The lowest BCUT2D eigenvalue weighted by Gasteiger charge is -2.23. The molecule has 1 aromatic carbocycles. The van der Waals surface area contributed by atoms with Gasteiger partial charge in [-0.1, -0.05) is 43.7 Å². The van der Waals surface area contributed by atoms with E-state index in [1.54, 1.807) is 0 Å². The molecule has 2 nitrogen and oxygen atoms in total. The Balaban J connectivity index is 2.28. The summed E-state index contributed by atoms with van der Waals surface area (Å²) < 4.78 is 5.72. The van der Waals surface area contributed by atoms with Gasteiger partial charge in [-0.2, -0.15) is 0 Å². The Labute approximate surface area is 112 Å². The zero-order chi connectivity index (χ0) is 13.2. The molecule has 1 aromatic rings. The first-order valence-electron chi connectivity index (χ1n) is 7.19. The smallest absolute Gasteiger partial charge is 0.0725 e. The maximum atomic E-state index is 6.23. The number of nitrogens with two attached hydrogens (primary N) is 1. The van der Waals surface area contributed by atoms with E-state index in [1.807, 2.05) is 6.92 Å². The average molecular weight is 249 g/mol. The summed E-state index contributed by atoms with van der Waals surface area (Å²) in [7, 11) is 0. The minimum atomic E-state index is 0.175. The fourth-order valence-corrected chi connectivity index (χ4v) is 2.29. The van der Waals surface area contributed by atoms with Crippen LogP contribution in [0.5, 0.6) is 0 Å². The highest BCUT2D eigenvalue weighted by molar-refractivity contribution is 5.14. The lowest BCUT2D eigenvalue weighted by Crippen LogP contribution is -2.36. The molecule has 0 aliphatic carbocycles. The van der Waals surface area contributed by atoms with Gasteiger partial charge >= 0.3 is 0 Å². The largest absolute Gasteiger partial charge is 0.377 e. The number of hydrogen-bond acceptors (Lipinski definition) is 2. The van der Waals surface area contributed by atoms with Crippen molar-refractivity contribution < 1.29 is 4.74 Å². The molecule has 0 saturated heterocycles. The van der Waals surface area contributed by atoms with E-state index in [-0.39, 0.29) is 12.1 Å². The van der Waals surface area contributed by atoms with Gasteiger partial charge in [-0.3, -0.25) is 0 Å². The Morgan fingerprint density at radius 2 is 1.83 bits per heavy atom. The molecule has 2 heteroatoms. The minimum absolute atomic E-state index is 0.175. The van der Waals surface area contributed by atoms with Gasteiger partial charge in [0, 0.05) is 12.6 Å². The molecule has 0 aromatic heterocycles. The Morgan fingerprint density at radius 1 is 1.11 bits per heavy atom. The lowest BCUT2D eigenvalue weighted by atomic mass is 9.99. The second-order valence-corrected chi connectivity index (χ2v) is 4.82. The van der Waals surface area contributed by atoms with Crippen LogP contribution in [0, 0.1) is 0 Å². The molecular formula is C16H27NO. The molecule has 0 radical (unpaired) electrons. The monoisotopic (exact) mass is 249 g/mol. The highest BCUT2D eigenvalue weighted by Crippen LogP contribution is 2.12. The molecule has 0 spiro atoms. The van der Waals surface area contributed by atoms with Gasteiger partial charge in [0.15, 0.2) is 0 Å². The van der Waals surface area contributed by atoms with Crippen molar-refractivity contribution in [3.8, 4) is 0 Å². The van der Waals surface area contributed by atoms with Crippen LogP contribution >= 0.6 is 0 Å². The van der Waals surface area contributed by atoms with Crippen molar-refractivity contribution in [1.82, 2.24) is 0 Å². The normalized spacial score (nSPS) is 14.4. The third kappa shape index (κ3) is 5.65. The first-order chi connectivity index (χ1) is 8.77. The van der Waals surface area contributed by atoms with E-state index in [2.05, 4.69) is 37.3 Å². The first-order valence-corrected chi connectivity index (χ1v) is 7.19. The topological polar surface area (TPSA) is 35.2 Å². The molecule has 2 unspecified atom stereocenters. The predicted molar refractivity (Wildman–Crippen MR) is 77.7 cm³/mol. The second kappa shape index (κ2) is 9.12. The van der Waals surface area contributed by atoms with Gasteiger partial charge in [-0.25, -0.2) is 0 Å². The second-order valence-electron chi connectivity index (χ2n) is 4.82. The lowest BCUT2D eigenvalue weighted by molar-refractivity contribution is 0.0354. The zero-order valence-electron chi connectivity index (χ0n) is 11.8. The van der Waals surface area contributed by atoms with Crippen molar-refractivity contribution in [1.29, 1.82) is 0 Å². The average Bonchev–Trinajstić information content (AvgIpc) is 2.39. The summed E-state index contributed by atoms with van der Waals surface area (Å²) >= 11 is 0. The summed E-state index contributed by atoms with van der Waals surface area (Å²) in [6, 6.07) is 10.8. The molecule has 102 valence electrons. The van der Waals surface area contributed by atoms with Crippen molar-refractivity contribution in [2.45, 2.75) is 58.1 Å². The molecule has 1 rings (SSSR count). The fraction of sp³-hybridized carbons (Fsp3) is 0.625. The summed E-state index contributed by atoms with van der Waals surface area (Å²) in [5, 5.41) is 0. The van der Waals surface area contributed by atoms with E-state index in [9.17, 15) is 0 Å². The van der Waals surface area contributed by atoms with Crippen molar-refractivity contribution >= 4 is 0 Å². The molecular weight excluding hydrogens is 222 g/mol. The summed E-state index contributed by atoms with van der Waals surface area (Å²) in [6.07, 6.45) is 5.73. The van der Waals surface area contributed by atoms with Crippen LogP contribution in [0.2, 0.25) is 0 Å². The van der Waals surface area contributed by atoms with Crippen LogP contribution in [0.4, 0.5) is 0 Å². The Bertz CT molecular complexity index is 293. The van der Waals surface area contributed by atoms with Gasteiger partial charge < -0.3 is 10.5 Å². The number of benzene rings is 1. The molecule has 0 aliphatic heterocycles. The summed E-state index contributed by atoms with van der Waals surface area (Å²) in [4.78, 5) is 0. The van der Waals surface area contributed by atoms with Gasteiger partial charge in [-0.05, 0) is 38.2 Å². The SMILES string of the molecule is CCCC(OCC)C(N)CCCc1ccccc1. The highest BCUT2D eigenvalue weighted by atomic mass is 16.5. The molecule has 0 amide bonds. The van der Waals surface area contributed by atoms with E-state index in [1.165, 1.54) is 5.56 Å². The Hall–Kier alpha value is -0.860. The maximum absolute atomic E-state index is 6.23. The van der Waals surface area contributed by atoms with E-state index in [4.69, 9.17) is 10.5 Å². The van der Waals surface area contributed by atoms with Crippen LogP contribution in [0.15, 0.2) is 30.3 Å². The third-order valence-electron chi connectivity index (χ3n) is 3.28. The number of hydrogen-bond donors (Lipinski definition) is 1. The standard InChI is InChI=1S/C16H27NO/c1-3-9-16(18-4-2)15(17)13-8-12-14-10-6-5-7-11-14/h5-7,10-11,15-16H,3-4,8-9,12-13,17H2,1-2H3. The summed E-state index contributed by atoms with van der Waals surface area (Å²) in [5.41, 5.74) is 7.63. The number of rotatable bonds is 9. The number of ether oxygens (including phenoxy) is 1. The summed E-state index contributed by atoms with van der Waals surface area (Å²) in [5.74, 6) is 0. The van der Waals surface area contributed by atoms with Crippen LogP contribution in [0.1, 0.15) is 45.1 Å². The summed E-state index contributed by atoms with van der Waals surface area (Å²) in [6.45, 7) is 4.99. The van der Waals surface area contributed by atoms with Crippen molar-refractivity contribution in [3.63, 3.8) is 0 Å². The fourth-order valence-electron chi connectivity index (χ4n) is 2.29. The van der Waals surface area contributed by atoms with Gasteiger partial charge in [0.25, 0.3) is 0 Å². The van der Waals surface area contributed by atoms with Gasteiger partial charge in [0.2, 0.25) is 0 Å². The van der Waals surface area contributed by atoms with E-state index in [0.717, 1.165) is 38.7 Å². The minimum Gasteiger partial charge on any atom is -0.377 e. The number of aryl methyl sites for hydroxylation is 1. The van der Waals surface area contributed by atoms with E-state index in [0.29, 0.717) is 0 Å². The van der Waals surface area contributed by atoms with Gasteiger partial charge in [0.1, 0.15) is 0 Å². The molecule has 2 N–H and O–H groups in total. The van der Waals surface area contributed by atoms with Crippen LogP contribution < -0.4 is 5.73 Å².